The first kappa shape index (κ1) is 23.7. The summed E-state index contributed by atoms with van der Waals surface area (Å²) in [7, 11) is 0. The Morgan fingerprint density at radius 2 is 1.76 bits per heavy atom. The first-order valence-electron chi connectivity index (χ1n) is 10.1. The minimum Gasteiger partial charge on any atom is -0.489 e. The molecule has 7 nitrogen and oxygen atoms in total. The number of carbonyl (C=O) groups is 2. The Morgan fingerprint density at radius 1 is 1.06 bits per heavy atom. The predicted octanol–water partition coefficient (Wildman–Crippen LogP) is 4.62. The summed E-state index contributed by atoms with van der Waals surface area (Å²) < 4.78 is 6.46. The molecule has 0 radical (unpaired) electrons. The zero-order valence-electron chi connectivity index (χ0n) is 17.8. The molecule has 3 aromatic rings. The van der Waals surface area contributed by atoms with Crippen LogP contribution < -0.4 is 15.5 Å². The molecule has 0 fully saturated rings. The third-order valence-electron chi connectivity index (χ3n) is 4.72. The average molecular weight is 505 g/mol. The number of nitrogens with zero attached hydrogens (tertiary/aromatic N) is 2. The number of halogens is 1. The first-order chi connectivity index (χ1) is 16.0. The lowest BCUT2D eigenvalue weighted by molar-refractivity contribution is -0.131. The van der Waals surface area contributed by atoms with Crippen LogP contribution in [-0.2, 0) is 16.2 Å². The van der Waals surface area contributed by atoms with E-state index in [2.05, 4.69) is 37.8 Å². The molecule has 1 atom stereocenters. The molecule has 0 bridgehead atoms. The number of ether oxygens (including phenoxy) is 1. The van der Waals surface area contributed by atoms with E-state index < -0.39 is 17.7 Å². The Hall–Kier alpha value is -3.96. The number of carbonyl (C=O) groups excluding carboxylic acids is 2. The van der Waals surface area contributed by atoms with Crippen molar-refractivity contribution in [1.29, 1.82) is 5.26 Å². The number of nitriles is 1. The Kier molecular flexibility index (Phi) is 8.33. The van der Waals surface area contributed by atoms with E-state index in [-0.39, 0.29) is 6.61 Å². The van der Waals surface area contributed by atoms with Crippen LogP contribution in [0, 0.1) is 17.2 Å². The van der Waals surface area contributed by atoms with Crippen LogP contribution in [0.4, 0.5) is 5.69 Å². The van der Waals surface area contributed by atoms with Gasteiger partial charge in [0.1, 0.15) is 18.3 Å². The Bertz CT molecular complexity index is 1200. The van der Waals surface area contributed by atoms with Crippen LogP contribution >= 0.6 is 15.9 Å². The molecule has 3 aromatic carbocycles. The number of hydrazone groups is 1. The maximum Gasteiger partial charge on any atom is 0.252 e. The van der Waals surface area contributed by atoms with Gasteiger partial charge < -0.3 is 10.1 Å². The molecular formula is C25H21BrN4O3. The fraction of sp³-hybridized carbons (Fsp3) is 0.120. The molecule has 33 heavy (non-hydrogen) atoms. The van der Waals surface area contributed by atoms with Crippen molar-refractivity contribution < 1.29 is 14.3 Å². The van der Waals surface area contributed by atoms with Gasteiger partial charge >= 0.3 is 0 Å². The number of anilines is 1. The second kappa shape index (κ2) is 11.6. The number of para-hydroxylation sites is 1. The van der Waals surface area contributed by atoms with Crippen molar-refractivity contribution in [2.75, 3.05) is 5.32 Å². The highest BCUT2D eigenvalue weighted by molar-refractivity contribution is 9.10. The first-order valence-corrected chi connectivity index (χ1v) is 10.9. The second-order valence-corrected chi connectivity index (χ2v) is 7.91. The SMILES string of the molecule is CC(C(=O)NN=Cc1ccc(OCc2ccccc2C#N)cc1)C(=O)Nc1ccccc1Br. The monoisotopic (exact) mass is 504 g/mol. The van der Waals surface area contributed by atoms with Crippen molar-refractivity contribution >= 4 is 39.6 Å². The van der Waals surface area contributed by atoms with E-state index >= 15 is 0 Å². The molecule has 3 rings (SSSR count). The fourth-order valence-corrected chi connectivity index (χ4v) is 3.14. The maximum atomic E-state index is 12.3. The van der Waals surface area contributed by atoms with Gasteiger partial charge in [-0.3, -0.25) is 9.59 Å². The number of benzene rings is 3. The van der Waals surface area contributed by atoms with E-state index in [1.165, 1.54) is 13.1 Å². The number of rotatable bonds is 8. The van der Waals surface area contributed by atoms with Gasteiger partial charge in [0.25, 0.3) is 5.91 Å². The summed E-state index contributed by atoms with van der Waals surface area (Å²) in [4.78, 5) is 24.5. The molecule has 0 heterocycles. The highest BCUT2D eigenvalue weighted by atomic mass is 79.9. The lowest BCUT2D eigenvalue weighted by atomic mass is 10.1. The Morgan fingerprint density at radius 3 is 2.48 bits per heavy atom. The number of nitrogens with one attached hydrogen (secondary N) is 2. The molecule has 0 saturated carbocycles. The normalized spacial score (nSPS) is 11.4. The van der Waals surface area contributed by atoms with Gasteiger partial charge in [0.15, 0.2) is 0 Å². The second-order valence-electron chi connectivity index (χ2n) is 7.05. The van der Waals surface area contributed by atoms with Crippen LogP contribution in [0.15, 0.2) is 82.4 Å². The number of amides is 2. The van der Waals surface area contributed by atoms with Gasteiger partial charge in [0.05, 0.1) is 23.5 Å². The van der Waals surface area contributed by atoms with Crippen molar-refractivity contribution in [3.8, 4) is 11.8 Å². The summed E-state index contributed by atoms with van der Waals surface area (Å²) in [5, 5.41) is 15.8. The Balaban J connectivity index is 1.49. The van der Waals surface area contributed by atoms with Crippen molar-refractivity contribution in [2.45, 2.75) is 13.5 Å². The van der Waals surface area contributed by atoms with Gasteiger partial charge in [-0.05, 0) is 70.9 Å². The molecule has 0 aliphatic heterocycles. The van der Waals surface area contributed by atoms with Gasteiger partial charge in [0, 0.05) is 10.0 Å². The zero-order valence-corrected chi connectivity index (χ0v) is 19.4. The smallest absolute Gasteiger partial charge is 0.252 e. The lowest BCUT2D eigenvalue weighted by Gasteiger charge is -2.11. The minimum atomic E-state index is -0.929. The van der Waals surface area contributed by atoms with Gasteiger partial charge in [-0.25, -0.2) is 5.43 Å². The summed E-state index contributed by atoms with van der Waals surface area (Å²) in [6.45, 7) is 1.79. The molecule has 2 amide bonds. The van der Waals surface area contributed by atoms with E-state index in [1.54, 1.807) is 48.5 Å². The van der Waals surface area contributed by atoms with Crippen LogP contribution in [-0.4, -0.2) is 18.0 Å². The molecule has 0 aromatic heterocycles. The quantitative estimate of drug-likeness (QED) is 0.265. The topological polar surface area (TPSA) is 104 Å². The van der Waals surface area contributed by atoms with E-state index in [9.17, 15) is 9.59 Å². The molecule has 1 unspecified atom stereocenters. The average Bonchev–Trinajstić information content (AvgIpc) is 2.84. The van der Waals surface area contributed by atoms with E-state index in [0.717, 1.165) is 15.6 Å². The third-order valence-corrected chi connectivity index (χ3v) is 5.41. The molecule has 0 spiro atoms. The number of hydrogen-bond acceptors (Lipinski definition) is 5. The summed E-state index contributed by atoms with van der Waals surface area (Å²) >= 11 is 3.35. The van der Waals surface area contributed by atoms with E-state index in [4.69, 9.17) is 10.00 Å². The van der Waals surface area contributed by atoms with Crippen LogP contribution in [0.2, 0.25) is 0 Å². The summed E-state index contributed by atoms with van der Waals surface area (Å²) in [5.41, 5.74) is 5.10. The molecule has 2 N–H and O–H groups in total. The molecule has 0 saturated heterocycles. The lowest BCUT2D eigenvalue weighted by Crippen LogP contribution is -2.34. The highest BCUT2D eigenvalue weighted by Gasteiger charge is 2.21. The largest absolute Gasteiger partial charge is 0.489 e. The summed E-state index contributed by atoms with van der Waals surface area (Å²) in [6.07, 6.45) is 1.48. The third kappa shape index (κ3) is 6.76. The van der Waals surface area contributed by atoms with Crippen LogP contribution in [0.25, 0.3) is 0 Å². The van der Waals surface area contributed by atoms with Crippen molar-refractivity contribution in [3.63, 3.8) is 0 Å². The van der Waals surface area contributed by atoms with Gasteiger partial charge in [0.2, 0.25) is 5.91 Å². The van der Waals surface area contributed by atoms with E-state index in [1.807, 2.05) is 24.3 Å². The van der Waals surface area contributed by atoms with Crippen molar-refractivity contribution in [2.24, 2.45) is 11.0 Å². The van der Waals surface area contributed by atoms with Crippen molar-refractivity contribution in [3.05, 3.63) is 94.0 Å². The molecule has 166 valence electrons. The van der Waals surface area contributed by atoms with Crippen molar-refractivity contribution in [1.82, 2.24) is 5.43 Å². The van der Waals surface area contributed by atoms with Gasteiger partial charge in [-0.2, -0.15) is 10.4 Å². The predicted molar refractivity (Wildman–Crippen MR) is 130 cm³/mol. The standard InChI is InChI=1S/C25H21BrN4O3/c1-17(24(31)29-23-9-5-4-8-22(23)26)25(32)30-28-15-18-10-12-21(13-11-18)33-16-20-7-3-2-6-19(20)14-27/h2-13,15,17H,16H2,1H3,(H,29,31)(H,30,32). The van der Waals surface area contributed by atoms with Gasteiger partial charge in [-0.1, -0.05) is 30.3 Å². The Labute approximate surface area is 200 Å². The molecular weight excluding hydrogens is 484 g/mol. The maximum absolute atomic E-state index is 12.3. The summed E-state index contributed by atoms with van der Waals surface area (Å²) in [6, 6.07) is 23.7. The van der Waals surface area contributed by atoms with Crippen LogP contribution in [0.3, 0.4) is 0 Å². The fourth-order valence-electron chi connectivity index (χ4n) is 2.76. The summed E-state index contributed by atoms with van der Waals surface area (Å²) in [5.74, 6) is -1.25. The van der Waals surface area contributed by atoms with Gasteiger partial charge in [-0.15, -0.1) is 0 Å². The van der Waals surface area contributed by atoms with Crippen LogP contribution in [0.5, 0.6) is 5.75 Å². The molecule has 8 heteroatoms. The van der Waals surface area contributed by atoms with E-state index in [0.29, 0.717) is 17.0 Å². The zero-order chi connectivity index (χ0) is 23.6. The molecule has 0 aliphatic carbocycles. The molecule has 0 aliphatic rings. The highest BCUT2D eigenvalue weighted by Crippen LogP contribution is 2.21. The minimum absolute atomic E-state index is 0.284. The number of hydrogen-bond donors (Lipinski definition) is 2. The van der Waals surface area contributed by atoms with Crippen LogP contribution in [0.1, 0.15) is 23.6 Å².